The molecule has 0 aliphatic heterocycles. The van der Waals surface area contributed by atoms with Crippen molar-refractivity contribution in [2.75, 3.05) is 18.5 Å². The molecular formula is C29H31N3O4. The first-order chi connectivity index (χ1) is 17.3. The highest BCUT2D eigenvalue weighted by molar-refractivity contribution is 6.10. The SMILES string of the molecule is CC(C)(C)NCC(COc1ccccc1C(=O)Nc1cccc2[nH]ccc12)OC(=O)c1ccccc1. The summed E-state index contributed by atoms with van der Waals surface area (Å²) in [4.78, 5) is 29.0. The molecule has 7 heteroatoms. The lowest BCUT2D eigenvalue weighted by Crippen LogP contribution is -2.44. The van der Waals surface area contributed by atoms with Crippen LogP contribution in [0.25, 0.3) is 10.9 Å². The standard InChI is InChI=1S/C29H31N3O4/c1-29(2,3)31-18-21(36-28(34)20-10-5-4-6-11-20)19-35-26-15-8-7-12-23(26)27(33)32-25-14-9-13-24-22(25)16-17-30-24/h4-17,21,30-31H,18-19H2,1-3H3,(H,32,33). The highest BCUT2D eigenvalue weighted by Gasteiger charge is 2.21. The average molecular weight is 486 g/mol. The van der Waals surface area contributed by atoms with Crippen LogP contribution in [0, 0.1) is 0 Å². The number of ether oxygens (including phenoxy) is 2. The van der Waals surface area contributed by atoms with Gasteiger partial charge in [0.2, 0.25) is 0 Å². The summed E-state index contributed by atoms with van der Waals surface area (Å²) in [5.74, 6) is -0.303. The van der Waals surface area contributed by atoms with Crippen molar-refractivity contribution in [3.05, 3.63) is 96.2 Å². The third-order valence-electron chi connectivity index (χ3n) is 5.54. The van der Waals surface area contributed by atoms with Crippen molar-refractivity contribution in [3.8, 4) is 5.75 Å². The maximum atomic E-state index is 13.2. The van der Waals surface area contributed by atoms with Gasteiger partial charge in [0.1, 0.15) is 18.5 Å². The molecule has 1 heterocycles. The van der Waals surface area contributed by atoms with Gasteiger partial charge in [0.05, 0.1) is 16.8 Å². The summed E-state index contributed by atoms with van der Waals surface area (Å²) in [5.41, 5.74) is 2.33. The van der Waals surface area contributed by atoms with Gasteiger partial charge in [-0.2, -0.15) is 0 Å². The molecule has 4 aromatic rings. The van der Waals surface area contributed by atoms with E-state index in [1.54, 1.807) is 48.5 Å². The fourth-order valence-electron chi connectivity index (χ4n) is 3.70. The number of aromatic amines is 1. The van der Waals surface area contributed by atoms with Crippen LogP contribution in [0.1, 0.15) is 41.5 Å². The Labute approximate surface area is 210 Å². The molecule has 7 nitrogen and oxygen atoms in total. The van der Waals surface area contributed by atoms with E-state index >= 15 is 0 Å². The van der Waals surface area contributed by atoms with E-state index in [1.807, 2.05) is 57.3 Å². The Bertz CT molecular complexity index is 1330. The van der Waals surface area contributed by atoms with Crippen LogP contribution in [-0.2, 0) is 4.74 Å². The number of nitrogens with one attached hydrogen (secondary N) is 3. The summed E-state index contributed by atoms with van der Waals surface area (Å²) in [5, 5.41) is 7.26. The van der Waals surface area contributed by atoms with Gasteiger partial charge in [0.25, 0.3) is 5.91 Å². The molecule has 0 spiro atoms. The number of esters is 1. The van der Waals surface area contributed by atoms with Crippen LogP contribution in [-0.4, -0.2) is 41.7 Å². The molecule has 0 saturated heterocycles. The van der Waals surface area contributed by atoms with Crippen LogP contribution in [0.2, 0.25) is 0 Å². The van der Waals surface area contributed by atoms with Gasteiger partial charge in [-0.15, -0.1) is 0 Å². The van der Waals surface area contributed by atoms with E-state index in [-0.39, 0.29) is 18.1 Å². The molecule has 1 unspecified atom stereocenters. The van der Waals surface area contributed by atoms with Crippen LogP contribution in [0.4, 0.5) is 5.69 Å². The second-order valence-electron chi connectivity index (χ2n) is 9.53. The molecule has 186 valence electrons. The van der Waals surface area contributed by atoms with E-state index in [2.05, 4.69) is 15.6 Å². The molecule has 0 bridgehead atoms. The van der Waals surface area contributed by atoms with Crippen molar-refractivity contribution < 1.29 is 19.1 Å². The summed E-state index contributed by atoms with van der Waals surface area (Å²) in [6.45, 7) is 6.59. The molecule has 1 atom stereocenters. The van der Waals surface area contributed by atoms with Crippen LogP contribution in [0.5, 0.6) is 5.75 Å². The van der Waals surface area contributed by atoms with Gasteiger partial charge in [-0.3, -0.25) is 4.79 Å². The normalized spacial score (nSPS) is 12.2. The molecule has 4 rings (SSSR count). The molecule has 0 fully saturated rings. The number of H-pyrrole nitrogens is 1. The number of para-hydroxylation sites is 1. The lowest BCUT2D eigenvalue weighted by Gasteiger charge is -2.25. The van der Waals surface area contributed by atoms with Crippen molar-refractivity contribution >= 4 is 28.5 Å². The largest absolute Gasteiger partial charge is 0.489 e. The zero-order chi connectivity index (χ0) is 25.5. The molecule has 0 radical (unpaired) electrons. The van der Waals surface area contributed by atoms with E-state index in [0.29, 0.717) is 29.1 Å². The van der Waals surface area contributed by atoms with Crippen molar-refractivity contribution in [2.45, 2.75) is 32.4 Å². The number of benzene rings is 3. The maximum Gasteiger partial charge on any atom is 0.338 e. The summed E-state index contributed by atoms with van der Waals surface area (Å²) >= 11 is 0. The topological polar surface area (TPSA) is 92.5 Å². The zero-order valence-corrected chi connectivity index (χ0v) is 20.7. The number of anilines is 1. The first-order valence-corrected chi connectivity index (χ1v) is 11.9. The number of aromatic nitrogens is 1. The Morgan fingerprint density at radius 2 is 1.67 bits per heavy atom. The number of hydrogen-bond donors (Lipinski definition) is 3. The van der Waals surface area contributed by atoms with Gasteiger partial charge in [0.15, 0.2) is 0 Å². The minimum absolute atomic E-state index is 0.0827. The first kappa shape index (κ1) is 25.0. The number of rotatable bonds is 9. The van der Waals surface area contributed by atoms with Crippen LogP contribution < -0.4 is 15.4 Å². The summed E-state index contributed by atoms with van der Waals surface area (Å²) in [7, 11) is 0. The van der Waals surface area contributed by atoms with Gasteiger partial charge in [-0.25, -0.2) is 4.79 Å². The fourth-order valence-corrected chi connectivity index (χ4v) is 3.70. The summed E-state index contributed by atoms with van der Waals surface area (Å²) in [6, 6.07) is 23.5. The fraction of sp³-hybridized carbons (Fsp3) is 0.241. The van der Waals surface area contributed by atoms with Crippen molar-refractivity contribution in [1.82, 2.24) is 10.3 Å². The third kappa shape index (κ3) is 6.52. The Morgan fingerprint density at radius 3 is 2.44 bits per heavy atom. The Hall–Kier alpha value is -4.10. The summed E-state index contributed by atoms with van der Waals surface area (Å²) < 4.78 is 11.8. The number of amides is 1. The lowest BCUT2D eigenvalue weighted by molar-refractivity contribution is 0.0160. The summed E-state index contributed by atoms with van der Waals surface area (Å²) in [6.07, 6.45) is 1.27. The van der Waals surface area contributed by atoms with Crippen molar-refractivity contribution in [3.63, 3.8) is 0 Å². The van der Waals surface area contributed by atoms with E-state index in [1.165, 1.54) is 0 Å². The third-order valence-corrected chi connectivity index (χ3v) is 5.54. The van der Waals surface area contributed by atoms with E-state index in [9.17, 15) is 9.59 Å². The number of hydrogen-bond acceptors (Lipinski definition) is 5. The minimum Gasteiger partial charge on any atom is -0.489 e. The molecule has 0 aliphatic carbocycles. The molecule has 3 aromatic carbocycles. The molecule has 1 aromatic heterocycles. The highest BCUT2D eigenvalue weighted by atomic mass is 16.6. The van der Waals surface area contributed by atoms with E-state index in [0.717, 1.165) is 10.9 Å². The van der Waals surface area contributed by atoms with E-state index in [4.69, 9.17) is 9.47 Å². The highest BCUT2D eigenvalue weighted by Crippen LogP contribution is 2.25. The first-order valence-electron chi connectivity index (χ1n) is 11.9. The second kappa shape index (κ2) is 11.1. The van der Waals surface area contributed by atoms with Gasteiger partial charge < -0.3 is 25.1 Å². The quantitative estimate of drug-likeness (QED) is 0.276. The van der Waals surface area contributed by atoms with Gasteiger partial charge in [0, 0.05) is 29.2 Å². The van der Waals surface area contributed by atoms with Gasteiger partial charge >= 0.3 is 5.97 Å². The molecular weight excluding hydrogens is 454 g/mol. The van der Waals surface area contributed by atoms with Crippen molar-refractivity contribution in [1.29, 1.82) is 0 Å². The Morgan fingerprint density at radius 1 is 0.917 bits per heavy atom. The smallest absolute Gasteiger partial charge is 0.338 e. The average Bonchev–Trinajstić information content (AvgIpc) is 3.36. The van der Waals surface area contributed by atoms with Crippen LogP contribution >= 0.6 is 0 Å². The minimum atomic E-state index is -0.568. The monoisotopic (exact) mass is 485 g/mol. The zero-order valence-electron chi connectivity index (χ0n) is 20.7. The number of carbonyl (C=O) groups excluding carboxylic acids is 2. The van der Waals surface area contributed by atoms with E-state index < -0.39 is 12.1 Å². The Kier molecular flexibility index (Phi) is 7.71. The predicted molar refractivity (Wildman–Crippen MR) is 142 cm³/mol. The molecule has 3 N–H and O–H groups in total. The Balaban J connectivity index is 1.48. The molecule has 0 saturated carbocycles. The van der Waals surface area contributed by atoms with Crippen LogP contribution in [0.3, 0.4) is 0 Å². The molecule has 1 amide bonds. The van der Waals surface area contributed by atoms with Gasteiger partial charge in [-0.05, 0) is 63.2 Å². The molecule has 0 aliphatic rings. The maximum absolute atomic E-state index is 13.2. The lowest BCUT2D eigenvalue weighted by atomic mass is 10.1. The predicted octanol–water partition coefficient (Wildman–Crippen LogP) is 5.41. The number of fused-ring (bicyclic) bond motifs is 1. The number of carbonyl (C=O) groups is 2. The van der Waals surface area contributed by atoms with Crippen molar-refractivity contribution in [2.24, 2.45) is 0 Å². The van der Waals surface area contributed by atoms with Gasteiger partial charge in [-0.1, -0.05) is 36.4 Å². The molecule has 36 heavy (non-hydrogen) atoms. The second-order valence-corrected chi connectivity index (χ2v) is 9.53. The van der Waals surface area contributed by atoms with Crippen LogP contribution in [0.15, 0.2) is 85.1 Å².